The number of anilines is 2. The van der Waals surface area contributed by atoms with E-state index in [2.05, 4.69) is 42.2 Å². The van der Waals surface area contributed by atoms with Gasteiger partial charge in [0, 0.05) is 49.5 Å². The fraction of sp³-hybridized carbons (Fsp3) is 0.217. The molecule has 0 saturated carbocycles. The Morgan fingerprint density at radius 3 is 2.52 bits per heavy atom. The van der Waals surface area contributed by atoms with Crippen LogP contribution in [0, 0.1) is 0 Å². The summed E-state index contributed by atoms with van der Waals surface area (Å²) >= 11 is 17.9. The van der Waals surface area contributed by atoms with E-state index in [1.807, 2.05) is 24.3 Å². The Kier molecular flexibility index (Phi) is 7.77. The second-order valence-electron chi connectivity index (χ2n) is 7.44. The van der Waals surface area contributed by atoms with Crippen molar-refractivity contribution in [2.75, 3.05) is 42.9 Å². The highest BCUT2D eigenvalue weighted by molar-refractivity contribution is 6.30. The lowest BCUT2D eigenvalue weighted by Gasteiger charge is -2.35. The standard InChI is InChI=1S/C23H21Cl3N6O/c24-18-5-3-16(4-6-18)2-1-9-31-10-12-32(13-11-31)21-19(15-28-23(26)30-21)29-22(33)17-7-8-27-20(25)14-17/h1-8,14-15H,9-13H2,(H,29,33). The molecule has 0 atom stereocenters. The van der Waals surface area contributed by atoms with E-state index in [-0.39, 0.29) is 16.3 Å². The number of pyridine rings is 1. The van der Waals surface area contributed by atoms with Gasteiger partial charge in [0.05, 0.1) is 6.20 Å². The molecule has 1 N–H and O–H groups in total. The van der Waals surface area contributed by atoms with E-state index in [1.165, 1.54) is 18.5 Å². The van der Waals surface area contributed by atoms with Gasteiger partial charge in [0.25, 0.3) is 5.91 Å². The first-order chi connectivity index (χ1) is 16.0. The van der Waals surface area contributed by atoms with Crippen molar-refractivity contribution in [1.82, 2.24) is 19.9 Å². The molecule has 1 aliphatic heterocycles. The summed E-state index contributed by atoms with van der Waals surface area (Å²) in [7, 11) is 0. The molecular formula is C23H21Cl3N6O. The van der Waals surface area contributed by atoms with Crippen molar-refractivity contribution in [1.29, 1.82) is 0 Å². The number of piperazine rings is 1. The third-order valence-electron chi connectivity index (χ3n) is 5.19. The molecule has 1 amide bonds. The number of aromatic nitrogens is 3. The Bertz CT molecular complexity index is 1150. The largest absolute Gasteiger partial charge is 0.352 e. The van der Waals surface area contributed by atoms with Gasteiger partial charge in [-0.1, -0.05) is 47.5 Å². The van der Waals surface area contributed by atoms with Crippen molar-refractivity contribution in [3.63, 3.8) is 0 Å². The second-order valence-corrected chi connectivity index (χ2v) is 8.60. The topological polar surface area (TPSA) is 74.2 Å². The van der Waals surface area contributed by atoms with E-state index in [9.17, 15) is 4.79 Å². The Balaban J connectivity index is 1.38. The third-order valence-corrected chi connectivity index (χ3v) is 5.83. The molecule has 0 bridgehead atoms. The van der Waals surface area contributed by atoms with Gasteiger partial charge in [-0.05, 0) is 41.4 Å². The van der Waals surface area contributed by atoms with Crippen LogP contribution in [0.3, 0.4) is 0 Å². The first-order valence-corrected chi connectivity index (χ1v) is 11.5. The Morgan fingerprint density at radius 2 is 1.79 bits per heavy atom. The molecule has 4 rings (SSSR count). The average molecular weight is 504 g/mol. The summed E-state index contributed by atoms with van der Waals surface area (Å²) in [5.74, 6) is 0.275. The lowest BCUT2D eigenvalue weighted by molar-refractivity contribution is 0.102. The maximum absolute atomic E-state index is 12.7. The van der Waals surface area contributed by atoms with Gasteiger partial charge in [-0.3, -0.25) is 9.69 Å². The third kappa shape index (κ3) is 6.42. The van der Waals surface area contributed by atoms with E-state index in [1.54, 1.807) is 6.07 Å². The molecule has 3 aromatic rings. The van der Waals surface area contributed by atoms with Crippen molar-refractivity contribution < 1.29 is 4.79 Å². The molecule has 0 spiro atoms. The summed E-state index contributed by atoms with van der Waals surface area (Å²) in [5.41, 5.74) is 2.01. The van der Waals surface area contributed by atoms with Crippen LogP contribution in [0.4, 0.5) is 11.5 Å². The molecule has 1 aromatic carbocycles. The minimum atomic E-state index is -0.322. The number of carbonyl (C=O) groups excluding carboxylic acids is 1. The molecule has 1 saturated heterocycles. The second kappa shape index (κ2) is 10.9. The number of amides is 1. The van der Waals surface area contributed by atoms with Gasteiger partial charge in [0.2, 0.25) is 5.28 Å². The average Bonchev–Trinajstić information content (AvgIpc) is 2.82. The summed E-state index contributed by atoms with van der Waals surface area (Å²) in [6, 6.07) is 10.8. The first-order valence-electron chi connectivity index (χ1n) is 10.3. The summed E-state index contributed by atoms with van der Waals surface area (Å²) < 4.78 is 0. The molecule has 0 radical (unpaired) electrons. The maximum Gasteiger partial charge on any atom is 0.255 e. The van der Waals surface area contributed by atoms with E-state index in [4.69, 9.17) is 34.8 Å². The van der Waals surface area contributed by atoms with Gasteiger partial charge in [-0.2, -0.15) is 4.98 Å². The molecule has 33 heavy (non-hydrogen) atoms. The fourth-order valence-corrected chi connectivity index (χ4v) is 3.90. The van der Waals surface area contributed by atoms with Crippen molar-refractivity contribution in [3.05, 3.63) is 81.5 Å². The molecular weight excluding hydrogens is 483 g/mol. The number of halogens is 3. The summed E-state index contributed by atoms with van der Waals surface area (Å²) in [6.07, 6.45) is 7.24. The molecule has 170 valence electrons. The number of hydrogen-bond acceptors (Lipinski definition) is 6. The van der Waals surface area contributed by atoms with Crippen LogP contribution < -0.4 is 10.2 Å². The number of hydrogen-bond donors (Lipinski definition) is 1. The van der Waals surface area contributed by atoms with Gasteiger partial charge >= 0.3 is 0 Å². The Hall–Kier alpha value is -2.71. The predicted molar refractivity (Wildman–Crippen MR) is 133 cm³/mol. The molecule has 0 unspecified atom stereocenters. The van der Waals surface area contributed by atoms with E-state index < -0.39 is 0 Å². The maximum atomic E-state index is 12.7. The van der Waals surface area contributed by atoms with E-state index >= 15 is 0 Å². The molecule has 1 fully saturated rings. The highest BCUT2D eigenvalue weighted by Gasteiger charge is 2.22. The Labute approximate surface area is 207 Å². The molecule has 0 aliphatic carbocycles. The van der Waals surface area contributed by atoms with Crippen molar-refractivity contribution >= 4 is 58.3 Å². The van der Waals surface area contributed by atoms with Crippen molar-refractivity contribution in [2.45, 2.75) is 0 Å². The van der Waals surface area contributed by atoms with E-state index in [0.717, 1.165) is 43.3 Å². The quantitative estimate of drug-likeness (QED) is 0.380. The number of benzene rings is 1. The van der Waals surface area contributed by atoms with Gasteiger partial charge in [-0.25, -0.2) is 9.97 Å². The van der Waals surface area contributed by atoms with Crippen LogP contribution in [0.1, 0.15) is 15.9 Å². The van der Waals surface area contributed by atoms with Gasteiger partial charge in [-0.15, -0.1) is 0 Å². The first kappa shape index (κ1) is 23.4. The van der Waals surface area contributed by atoms with Crippen LogP contribution in [0.2, 0.25) is 15.5 Å². The molecule has 3 heterocycles. The van der Waals surface area contributed by atoms with Gasteiger partial charge in [0.1, 0.15) is 10.8 Å². The number of nitrogens with one attached hydrogen (secondary N) is 1. The van der Waals surface area contributed by atoms with Crippen LogP contribution in [0.15, 0.2) is 54.9 Å². The summed E-state index contributed by atoms with van der Waals surface area (Å²) in [6.45, 7) is 4.02. The fourth-order valence-electron chi connectivity index (χ4n) is 3.47. The lowest BCUT2D eigenvalue weighted by Crippen LogP contribution is -2.47. The number of nitrogens with zero attached hydrogens (tertiary/aromatic N) is 5. The summed E-state index contributed by atoms with van der Waals surface area (Å²) in [4.78, 5) is 29.4. The molecule has 10 heteroatoms. The molecule has 2 aromatic heterocycles. The zero-order chi connectivity index (χ0) is 23.2. The van der Waals surface area contributed by atoms with Crippen molar-refractivity contribution in [3.8, 4) is 0 Å². The van der Waals surface area contributed by atoms with Crippen LogP contribution >= 0.6 is 34.8 Å². The summed E-state index contributed by atoms with van der Waals surface area (Å²) in [5, 5.41) is 3.97. The Morgan fingerprint density at radius 1 is 1.03 bits per heavy atom. The minimum absolute atomic E-state index is 0.128. The zero-order valence-corrected chi connectivity index (χ0v) is 19.9. The number of rotatable bonds is 6. The van der Waals surface area contributed by atoms with Gasteiger partial charge in [0.15, 0.2) is 5.82 Å². The lowest BCUT2D eigenvalue weighted by atomic mass is 10.2. The zero-order valence-electron chi connectivity index (χ0n) is 17.6. The van der Waals surface area contributed by atoms with Gasteiger partial charge < -0.3 is 10.2 Å². The molecule has 1 aliphatic rings. The van der Waals surface area contributed by atoms with E-state index in [0.29, 0.717) is 17.1 Å². The predicted octanol–water partition coefficient (Wildman–Crippen LogP) is 4.92. The normalized spacial score (nSPS) is 14.6. The highest BCUT2D eigenvalue weighted by atomic mass is 35.5. The number of carbonyl (C=O) groups is 1. The minimum Gasteiger partial charge on any atom is -0.352 e. The SMILES string of the molecule is O=C(Nc1cnc(Cl)nc1N1CCN(CC=Cc2ccc(Cl)cc2)CC1)c1ccnc(Cl)c1. The van der Waals surface area contributed by atoms with Crippen molar-refractivity contribution in [2.24, 2.45) is 0 Å². The smallest absolute Gasteiger partial charge is 0.255 e. The monoisotopic (exact) mass is 502 g/mol. The molecule has 7 nitrogen and oxygen atoms in total. The van der Waals surface area contributed by atoms with Crippen LogP contribution in [-0.4, -0.2) is 58.5 Å². The van der Waals surface area contributed by atoms with Crippen LogP contribution in [0.5, 0.6) is 0 Å². The van der Waals surface area contributed by atoms with Crippen LogP contribution in [-0.2, 0) is 0 Å². The van der Waals surface area contributed by atoms with Crippen LogP contribution in [0.25, 0.3) is 6.08 Å². The highest BCUT2D eigenvalue weighted by Crippen LogP contribution is 2.26.